The summed E-state index contributed by atoms with van der Waals surface area (Å²) in [5.41, 5.74) is 0.0458. The van der Waals surface area contributed by atoms with Gasteiger partial charge >= 0.3 is 5.97 Å². The molecular formula is C11H17NO3. The number of carboxylic acid groups (broad SMARTS) is 1. The highest BCUT2D eigenvalue weighted by Gasteiger charge is 2.52. The van der Waals surface area contributed by atoms with E-state index in [4.69, 9.17) is 5.11 Å². The first-order valence-electron chi connectivity index (χ1n) is 5.53. The summed E-state index contributed by atoms with van der Waals surface area (Å²) < 4.78 is 0. The van der Waals surface area contributed by atoms with Crippen molar-refractivity contribution < 1.29 is 14.7 Å². The fraction of sp³-hybridized carbons (Fsp3) is 0.818. The summed E-state index contributed by atoms with van der Waals surface area (Å²) in [5, 5.41) is 8.75. The lowest BCUT2D eigenvalue weighted by molar-refractivity contribution is -0.139. The van der Waals surface area contributed by atoms with Gasteiger partial charge in [0.15, 0.2) is 0 Å². The SMILES string of the molecule is CC(=O)N1CCC(CC(=O)O)CC12CC2. The minimum Gasteiger partial charge on any atom is -0.481 e. The fourth-order valence-electron chi connectivity index (χ4n) is 2.83. The Morgan fingerprint density at radius 3 is 2.60 bits per heavy atom. The molecule has 1 heterocycles. The molecule has 1 unspecified atom stereocenters. The van der Waals surface area contributed by atoms with Gasteiger partial charge in [0.1, 0.15) is 0 Å². The molecule has 1 spiro atoms. The maximum atomic E-state index is 11.4. The molecule has 2 fully saturated rings. The molecule has 0 radical (unpaired) electrons. The Morgan fingerprint density at radius 2 is 2.13 bits per heavy atom. The predicted molar refractivity (Wildman–Crippen MR) is 54.3 cm³/mol. The zero-order chi connectivity index (χ0) is 11.1. The first-order valence-corrected chi connectivity index (χ1v) is 5.53. The number of carbonyl (C=O) groups excluding carboxylic acids is 1. The first-order chi connectivity index (χ1) is 7.03. The van der Waals surface area contributed by atoms with E-state index in [-0.39, 0.29) is 23.8 Å². The Morgan fingerprint density at radius 1 is 1.47 bits per heavy atom. The zero-order valence-corrected chi connectivity index (χ0v) is 9.03. The minimum absolute atomic E-state index is 0.0458. The van der Waals surface area contributed by atoms with Crippen molar-refractivity contribution in [3.05, 3.63) is 0 Å². The van der Waals surface area contributed by atoms with Crippen molar-refractivity contribution in [1.29, 1.82) is 0 Å². The summed E-state index contributed by atoms with van der Waals surface area (Å²) in [7, 11) is 0. The van der Waals surface area contributed by atoms with E-state index in [1.807, 2.05) is 4.90 Å². The van der Waals surface area contributed by atoms with E-state index >= 15 is 0 Å². The van der Waals surface area contributed by atoms with E-state index in [2.05, 4.69) is 0 Å². The van der Waals surface area contributed by atoms with Gasteiger partial charge in [-0.3, -0.25) is 9.59 Å². The molecule has 1 N–H and O–H groups in total. The van der Waals surface area contributed by atoms with Crippen molar-refractivity contribution in [3.63, 3.8) is 0 Å². The summed E-state index contributed by atoms with van der Waals surface area (Å²) in [6.45, 7) is 2.35. The van der Waals surface area contributed by atoms with Crippen LogP contribution in [-0.4, -0.2) is 34.0 Å². The highest BCUT2D eigenvalue weighted by Crippen LogP contribution is 2.50. The molecule has 0 aromatic rings. The standard InChI is InChI=1S/C11H17NO3/c1-8(13)12-5-2-9(6-10(14)15)7-11(12)3-4-11/h9H,2-7H2,1H3,(H,14,15). The van der Waals surface area contributed by atoms with Crippen LogP contribution in [0.5, 0.6) is 0 Å². The van der Waals surface area contributed by atoms with E-state index in [1.54, 1.807) is 6.92 Å². The predicted octanol–water partition coefficient (Wildman–Crippen LogP) is 1.25. The molecule has 1 atom stereocenters. The van der Waals surface area contributed by atoms with Crippen LogP contribution in [0.15, 0.2) is 0 Å². The maximum absolute atomic E-state index is 11.4. The van der Waals surface area contributed by atoms with Gasteiger partial charge in [0.05, 0.1) is 0 Å². The zero-order valence-electron chi connectivity index (χ0n) is 9.03. The number of carboxylic acids is 1. The maximum Gasteiger partial charge on any atom is 0.303 e. The third-order valence-corrected chi connectivity index (χ3v) is 3.67. The smallest absolute Gasteiger partial charge is 0.303 e. The third-order valence-electron chi connectivity index (χ3n) is 3.67. The number of amides is 1. The summed E-state index contributed by atoms with van der Waals surface area (Å²) in [6.07, 6.45) is 4.10. The molecule has 4 heteroatoms. The number of likely N-dealkylation sites (tertiary alicyclic amines) is 1. The van der Waals surface area contributed by atoms with Crippen molar-refractivity contribution in [1.82, 2.24) is 4.90 Å². The molecule has 84 valence electrons. The average Bonchev–Trinajstić information content (AvgIpc) is 2.83. The molecule has 2 rings (SSSR count). The summed E-state index contributed by atoms with van der Waals surface area (Å²) >= 11 is 0. The van der Waals surface area contributed by atoms with Crippen LogP contribution in [0.4, 0.5) is 0 Å². The third kappa shape index (κ3) is 1.98. The molecule has 1 saturated carbocycles. The second-order valence-electron chi connectivity index (χ2n) is 4.85. The number of hydrogen-bond acceptors (Lipinski definition) is 2. The second-order valence-corrected chi connectivity index (χ2v) is 4.85. The van der Waals surface area contributed by atoms with Crippen LogP contribution in [-0.2, 0) is 9.59 Å². The molecule has 2 aliphatic rings. The first kappa shape index (κ1) is 10.5. The van der Waals surface area contributed by atoms with Gasteiger partial charge in [0.2, 0.25) is 5.91 Å². The summed E-state index contributed by atoms with van der Waals surface area (Å²) in [5.74, 6) is -0.311. The summed E-state index contributed by atoms with van der Waals surface area (Å²) in [4.78, 5) is 24.0. The molecule has 1 aliphatic heterocycles. The minimum atomic E-state index is -0.716. The van der Waals surface area contributed by atoms with Crippen molar-refractivity contribution in [3.8, 4) is 0 Å². The lowest BCUT2D eigenvalue weighted by Crippen LogP contribution is -2.47. The van der Waals surface area contributed by atoms with Crippen molar-refractivity contribution in [2.75, 3.05) is 6.54 Å². The number of aliphatic carboxylic acids is 1. The van der Waals surface area contributed by atoms with Crippen LogP contribution in [0.1, 0.15) is 39.0 Å². The van der Waals surface area contributed by atoms with Gasteiger partial charge in [-0.05, 0) is 31.6 Å². The molecular weight excluding hydrogens is 194 g/mol. The second kappa shape index (κ2) is 3.51. The van der Waals surface area contributed by atoms with Crippen LogP contribution in [0.3, 0.4) is 0 Å². The Balaban J connectivity index is 1.99. The molecule has 1 saturated heterocycles. The summed E-state index contributed by atoms with van der Waals surface area (Å²) in [6, 6.07) is 0. The fourth-order valence-corrected chi connectivity index (χ4v) is 2.83. The normalized spacial score (nSPS) is 27.8. The van der Waals surface area contributed by atoms with Gasteiger partial charge in [-0.25, -0.2) is 0 Å². The van der Waals surface area contributed by atoms with Crippen LogP contribution in [0.2, 0.25) is 0 Å². The molecule has 0 aromatic carbocycles. The monoisotopic (exact) mass is 211 g/mol. The Kier molecular flexibility index (Phi) is 2.44. The largest absolute Gasteiger partial charge is 0.481 e. The molecule has 15 heavy (non-hydrogen) atoms. The van der Waals surface area contributed by atoms with Crippen LogP contribution >= 0.6 is 0 Å². The van der Waals surface area contributed by atoms with Gasteiger partial charge in [-0.2, -0.15) is 0 Å². The van der Waals surface area contributed by atoms with E-state index in [0.29, 0.717) is 0 Å². The molecule has 1 aliphatic carbocycles. The lowest BCUT2D eigenvalue weighted by atomic mass is 9.86. The highest BCUT2D eigenvalue weighted by atomic mass is 16.4. The Bertz CT molecular complexity index is 296. The molecule has 0 bridgehead atoms. The topological polar surface area (TPSA) is 57.6 Å². The van der Waals surface area contributed by atoms with E-state index < -0.39 is 5.97 Å². The van der Waals surface area contributed by atoms with E-state index in [0.717, 1.165) is 32.2 Å². The number of rotatable bonds is 2. The molecule has 0 aromatic heterocycles. The number of nitrogens with zero attached hydrogens (tertiary/aromatic N) is 1. The van der Waals surface area contributed by atoms with Gasteiger partial charge in [-0.1, -0.05) is 0 Å². The number of carbonyl (C=O) groups is 2. The molecule has 1 amide bonds. The number of hydrogen-bond donors (Lipinski definition) is 1. The van der Waals surface area contributed by atoms with Gasteiger partial charge < -0.3 is 10.0 Å². The highest BCUT2D eigenvalue weighted by molar-refractivity contribution is 5.75. The van der Waals surface area contributed by atoms with Gasteiger partial charge in [-0.15, -0.1) is 0 Å². The van der Waals surface area contributed by atoms with Crippen LogP contribution < -0.4 is 0 Å². The van der Waals surface area contributed by atoms with Crippen molar-refractivity contribution in [2.45, 2.75) is 44.6 Å². The lowest BCUT2D eigenvalue weighted by Gasteiger charge is -2.39. The molecule has 4 nitrogen and oxygen atoms in total. The Labute approximate surface area is 89.3 Å². The van der Waals surface area contributed by atoms with E-state index in [9.17, 15) is 9.59 Å². The van der Waals surface area contributed by atoms with Crippen molar-refractivity contribution >= 4 is 11.9 Å². The van der Waals surface area contributed by atoms with Gasteiger partial charge in [0.25, 0.3) is 0 Å². The van der Waals surface area contributed by atoms with Crippen molar-refractivity contribution in [2.24, 2.45) is 5.92 Å². The van der Waals surface area contributed by atoms with E-state index in [1.165, 1.54) is 0 Å². The average molecular weight is 211 g/mol. The van der Waals surface area contributed by atoms with Gasteiger partial charge in [0, 0.05) is 25.4 Å². The van der Waals surface area contributed by atoms with Crippen LogP contribution in [0, 0.1) is 5.92 Å². The Hall–Kier alpha value is -1.06. The van der Waals surface area contributed by atoms with Crippen LogP contribution in [0.25, 0.3) is 0 Å². The number of piperidine rings is 1. The quantitative estimate of drug-likeness (QED) is 0.748.